The standard InChI is InChI=1S/C89H174O17P2/c1-8-10-11-12-13-49-56-63-70-86(91)99-76-84(105-88(93)73-66-59-52-45-39-33-27-26-30-36-42-48-55-62-69-82(7)9-2)78-103-107(95,96)101-74-83(90)75-102-108(97,98)104-79-85(106-89(94)72-65-58-51-44-38-32-25-21-17-15-19-23-29-35-41-47-54-61-68-81(5)6)77-100-87(92)71-64-57-50-43-37-31-24-20-16-14-18-22-28-34-40-46-53-60-67-80(3)4/h80-85,90H,8-79H2,1-7H3,(H,95,96)(H,97,98)/t82?,83-,84+,85+/m0/s1. The van der Waals surface area contributed by atoms with Crippen molar-refractivity contribution in [2.75, 3.05) is 39.6 Å². The van der Waals surface area contributed by atoms with Crippen molar-refractivity contribution < 1.29 is 80.2 Å². The van der Waals surface area contributed by atoms with Crippen LogP contribution in [-0.2, 0) is 65.4 Å². The summed E-state index contributed by atoms with van der Waals surface area (Å²) in [6.45, 7) is 12.1. The Morgan fingerprint density at radius 2 is 0.472 bits per heavy atom. The molecule has 0 aromatic rings. The third-order valence-electron chi connectivity index (χ3n) is 21.2. The van der Waals surface area contributed by atoms with Crippen LogP contribution in [0.25, 0.3) is 0 Å². The highest BCUT2D eigenvalue weighted by Crippen LogP contribution is 2.45. The smallest absolute Gasteiger partial charge is 0.462 e. The molecule has 0 saturated heterocycles. The van der Waals surface area contributed by atoms with Crippen molar-refractivity contribution in [1.82, 2.24) is 0 Å². The van der Waals surface area contributed by atoms with E-state index in [9.17, 15) is 43.2 Å². The second-order valence-corrected chi connectivity index (χ2v) is 36.1. The Labute approximate surface area is 664 Å². The van der Waals surface area contributed by atoms with E-state index in [1.807, 2.05) is 0 Å². The number of carbonyl (C=O) groups is 4. The van der Waals surface area contributed by atoms with Crippen molar-refractivity contribution >= 4 is 39.5 Å². The van der Waals surface area contributed by atoms with E-state index in [1.165, 1.54) is 276 Å². The average Bonchev–Trinajstić information content (AvgIpc) is 0.899. The highest BCUT2D eigenvalue weighted by Gasteiger charge is 2.31. The molecule has 19 heteroatoms. The molecule has 17 nitrogen and oxygen atoms in total. The number of hydrogen-bond donors (Lipinski definition) is 3. The van der Waals surface area contributed by atoms with Gasteiger partial charge in [-0.15, -0.1) is 0 Å². The molecule has 108 heavy (non-hydrogen) atoms. The first-order chi connectivity index (χ1) is 52.3. The number of ether oxygens (including phenoxy) is 4. The predicted molar refractivity (Wildman–Crippen MR) is 446 cm³/mol. The molecule has 0 aliphatic heterocycles. The number of esters is 4. The second-order valence-electron chi connectivity index (χ2n) is 33.2. The lowest BCUT2D eigenvalue weighted by Crippen LogP contribution is -2.30. The summed E-state index contributed by atoms with van der Waals surface area (Å²) in [5.41, 5.74) is 0. The third kappa shape index (κ3) is 80.7. The second kappa shape index (κ2) is 78.9. The fourth-order valence-corrected chi connectivity index (χ4v) is 15.4. The Kier molecular flexibility index (Phi) is 77.5. The van der Waals surface area contributed by atoms with Crippen molar-refractivity contribution in [3.8, 4) is 0 Å². The molecule has 642 valence electrons. The number of aliphatic hydroxyl groups excluding tert-OH is 1. The van der Waals surface area contributed by atoms with E-state index < -0.39 is 97.5 Å². The van der Waals surface area contributed by atoms with Crippen molar-refractivity contribution in [2.24, 2.45) is 17.8 Å². The summed E-state index contributed by atoms with van der Waals surface area (Å²) >= 11 is 0. The zero-order valence-corrected chi connectivity index (χ0v) is 73.1. The van der Waals surface area contributed by atoms with Crippen LogP contribution in [0.4, 0.5) is 0 Å². The number of rotatable bonds is 87. The molecular formula is C89H174O17P2. The van der Waals surface area contributed by atoms with Gasteiger partial charge in [0.15, 0.2) is 12.2 Å². The van der Waals surface area contributed by atoms with E-state index in [0.29, 0.717) is 25.7 Å². The van der Waals surface area contributed by atoms with Crippen LogP contribution >= 0.6 is 15.6 Å². The number of unbranched alkanes of at least 4 members (excludes halogenated alkanes) is 54. The van der Waals surface area contributed by atoms with Crippen LogP contribution < -0.4 is 0 Å². The Bertz CT molecular complexity index is 2080. The number of carbonyl (C=O) groups excluding carboxylic acids is 4. The van der Waals surface area contributed by atoms with E-state index in [-0.39, 0.29) is 25.7 Å². The van der Waals surface area contributed by atoms with Crippen LogP contribution in [0.2, 0.25) is 0 Å². The van der Waals surface area contributed by atoms with Crippen LogP contribution in [0.15, 0.2) is 0 Å². The molecule has 3 unspecified atom stereocenters. The summed E-state index contributed by atoms with van der Waals surface area (Å²) in [7, 11) is -9.93. The van der Waals surface area contributed by atoms with E-state index >= 15 is 0 Å². The zero-order valence-electron chi connectivity index (χ0n) is 71.3. The number of phosphoric ester groups is 2. The lowest BCUT2D eigenvalue weighted by atomic mass is 9.99. The maximum absolute atomic E-state index is 13.2. The maximum atomic E-state index is 13.2. The average molecular weight is 1580 g/mol. The minimum atomic E-state index is -4.97. The molecule has 0 rings (SSSR count). The van der Waals surface area contributed by atoms with Gasteiger partial charge in [-0.1, -0.05) is 421 Å². The molecular weight excluding hydrogens is 1400 g/mol. The van der Waals surface area contributed by atoms with Crippen molar-refractivity contribution in [1.29, 1.82) is 0 Å². The Morgan fingerprint density at radius 1 is 0.269 bits per heavy atom. The summed E-state index contributed by atoms with van der Waals surface area (Å²) in [5.74, 6) is 0.386. The summed E-state index contributed by atoms with van der Waals surface area (Å²) in [6, 6.07) is 0. The Balaban J connectivity index is 5.18. The van der Waals surface area contributed by atoms with Crippen LogP contribution in [-0.4, -0.2) is 96.7 Å². The van der Waals surface area contributed by atoms with Crippen molar-refractivity contribution in [2.45, 2.75) is 491 Å². The van der Waals surface area contributed by atoms with Gasteiger partial charge in [-0.3, -0.25) is 37.3 Å². The molecule has 0 aromatic carbocycles. The van der Waals surface area contributed by atoms with Gasteiger partial charge < -0.3 is 33.8 Å². The summed E-state index contributed by atoms with van der Waals surface area (Å²) in [5, 5.41) is 10.7. The molecule has 0 bridgehead atoms. The highest BCUT2D eigenvalue weighted by molar-refractivity contribution is 7.47. The molecule has 0 heterocycles. The molecule has 0 fully saturated rings. The molecule has 0 aromatic heterocycles. The van der Waals surface area contributed by atoms with Gasteiger partial charge in [0.1, 0.15) is 19.3 Å². The number of aliphatic hydroxyl groups is 1. The molecule has 0 aliphatic carbocycles. The van der Waals surface area contributed by atoms with Crippen LogP contribution in [0.5, 0.6) is 0 Å². The number of hydrogen-bond acceptors (Lipinski definition) is 15. The zero-order chi connectivity index (χ0) is 79.3. The van der Waals surface area contributed by atoms with E-state index in [2.05, 4.69) is 48.5 Å². The van der Waals surface area contributed by atoms with Crippen LogP contribution in [0.1, 0.15) is 472 Å². The van der Waals surface area contributed by atoms with Gasteiger partial charge in [0.05, 0.1) is 26.4 Å². The van der Waals surface area contributed by atoms with Crippen molar-refractivity contribution in [3.05, 3.63) is 0 Å². The largest absolute Gasteiger partial charge is 0.472 e. The van der Waals surface area contributed by atoms with Gasteiger partial charge in [0.2, 0.25) is 0 Å². The first kappa shape index (κ1) is 106. The minimum absolute atomic E-state index is 0.108. The van der Waals surface area contributed by atoms with Gasteiger partial charge in [-0.05, 0) is 43.4 Å². The quantitative estimate of drug-likeness (QED) is 0.0222. The lowest BCUT2D eigenvalue weighted by molar-refractivity contribution is -0.161. The first-order valence-electron chi connectivity index (χ1n) is 45.9. The van der Waals surface area contributed by atoms with Crippen LogP contribution in [0.3, 0.4) is 0 Å². The molecule has 0 amide bonds. The molecule has 6 atom stereocenters. The van der Waals surface area contributed by atoms with Gasteiger partial charge >= 0.3 is 39.5 Å². The molecule has 0 saturated carbocycles. The number of phosphoric acid groups is 2. The van der Waals surface area contributed by atoms with Crippen molar-refractivity contribution in [3.63, 3.8) is 0 Å². The van der Waals surface area contributed by atoms with Gasteiger partial charge in [-0.2, -0.15) is 0 Å². The molecule has 0 aliphatic rings. The Hall–Kier alpha value is -1.94. The molecule has 3 N–H and O–H groups in total. The van der Waals surface area contributed by atoms with E-state index in [4.69, 9.17) is 37.0 Å². The van der Waals surface area contributed by atoms with Gasteiger partial charge in [0.25, 0.3) is 0 Å². The van der Waals surface area contributed by atoms with Gasteiger partial charge in [0, 0.05) is 25.7 Å². The first-order valence-corrected chi connectivity index (χ1v) is 48.9. The lowest BCUT2D eigenvalue weighted by Gasteiger charge is -2.21. The summed E-state index contributed by atoms with van der Waals surface area (Å²) in [6.07, 6.45) is 70.9. The fourth-order valence-electron chi connectivity index (χ4n) is 13.9. The summed E-state index contributed by atoms with van der Waals surface area (Å²) in [4.78, 5) is 73.2. The Morgan fingerprint density at radius 3 is 0.704 bits per heavy atom. The maximum Gasteiger partial charge on any atom is 0.472 e. The normalized spacial score (nSPS) is 14.1. The molecule has 0 radical (unpaired) electrons. The summed E-state index contributed by atoms with van der Waals surface area (Å²) < 4.78 is 68.9. The predicted octanol–water partition coefficient (Wildman–Crippen LogP) is 27.3. The highest BCUT2D eigenvalue weighted by atomic mass is 31.2. The minimum Gasteiger partial charge on any atom is -0.462 e. The van der Waals surface area contributed by atoms with E-state index in [0.717, 1.165) is 114 Å². The van der Waals surface area contributed by atoms with Gasteiger partial charge in [-0.25, -0.2) is 9.13 Å². The monoisotopic (exact) mass is 1580 g/mol. The van der Waals surface area contributed by atoms with Crippen LogP contribution in [0, 0.1) is 17.8 Å². The topological polar surface area (TPSA) is 237 Å². The SMILES string of the molecule is CCCCCCCCCCC(=O)OC[C@H](COP(=O)(O)OC[C@H](O)COP(=O)(O)OC[C@@H](COC(=O)CCCCCCCCCCCCCCCCCCCCC(C)C)OC(=O)CCCCCCCCCCCCCCCCCCCCC(C)C)OC(=O)CCCCCCCCCCCCCCCCC(C)CC. The third-order valence-corrected chi connectivity index (χ3v) is 23.1. The van der Waals surface area contributed by atoms with E-state index in [1.54, 1.807) is 0 Å². The fraction of sp³-hybridized carbons (Fsp3) is 0.955. The molecule has 0 spiro atoms.